The van der Waals surface area contributed by atoms with Gasteiger partial charge in [-0.2, -0.15) is 0 Å². The number of halogens is 2. The van der Waals surface area contributed by atoms with Gasteiger partial charge < -0.3 is 4.57 Å². The molecule has 0 bridgehead atoms. The summed E-state index contributed by atoms with van der Waals surface area (Å²) in [6.45, 7) is 2.87. The summed E-state index contributed by atoms with van der Waals surface area (Å²) in [5.74, 6) is -0.0502. The average Bonchev–Trinajstić information content (AvgIpc) is 2.80. The minimum absolute atomic E-state index is 0.0176. The molecule has 2 aromatic rings. The molecule has 0 aliphatic rings. The van der Waals surface area contributed by atoms with Gasteiger partial charge in [-0.25, -0.2) is 9.37 Å². The Kier molecular flexibility index (Phi) is 4.32. The molecule has 2 rings (SSSR count). The minimum Gasteiger partial charge on any atom is -0.335 e. The number of carbonyl (C=O) groups excluding carboxylic acids is 1. The number of carbonyl (C=O) groups is 1. The van der Waals surface area contributed by atoms with Crippen LogP contribution >= 0.6 is 11.6 Å². The number of aryl methyl sites for hydroxylation is 1. The minimum atomic E-state index is -0.579. The van der Waals surface area contributed by atoms with Gasteiger partial charge in [0.1, 0.15) is 11.6 Å². The van der Waals surface area contributed by atoms with Crippen molar-refractivity contribution in [1.82, 2.24) is 9.55 Å². The maximum atomic E-state index is 13.3. The van der Waals surface area contributed by atoms with Crippen LogP contribution in [0.25, 0.3) is 0 Å². The Morgan fingerprint density at radius 2 is 2.26 bits per heavy atom. The normalized spacial score (nSPS) is 10.7. The van der Waals surface area contributed by atoms with Crippen LogP contribution in [0.2, 0.25) is 5.02 Å². The van der Waals surface area contributed by atoms with E-state index in [1.54, 1.807) is 6.20 Å². The van der Waals surface area contributed by atoms with Gasteiger partial charge >= 0.3 is 0 Å². The maximum Gasteiger partial charge on any atom is 0.170 e. The Bertz CT molecular complexity index is 595. The molecule has 1 heterocycles. The second-order valence-electron chi connectivity index (χ2n) is 4.27. The predicted octanol–water partition coefficient (Wildman–Crippen LogP) is 3.51. The fourth-order valence-electron chi connectivity index (χ4n) is 1.87. The second-order valence-corrected chi connectivity index (χ2v) is 4.67. The molecule has 1 aromatic carbocycles. The Hall–Kier alpha value is -1.68. The molecule has 0 atom stereocenters. The lowest BCUT2D eigenvalue weighted by atomic mass is 10.1. The first-order valence-electron chi connectivity index (χ1n) is 6.10. The molecule has 100 valence electrons. The van der Waals surface area contributed by atoms with Crippen molar-refractivity contribution in [3.63, 3.8) is 0 Å². The zero-order valence-electron chi connectivity index (χ0n) is 10.6. The van der Waals surface area contributed by atoms with Crippen molar-refractivity contribution >= 4 is 17.4 Å². The zero-order chi connectivity index (χ0) is 13.8. The summed E-state index contributed by atoms with van der Waals surface area (Å²) < 4.78 is 15.2. The van der Waals surface area contributed by atoms with E-state index < -0.39 is 5.82 Å². The van der Waals surface area contributed by atoms with Gasteiger partial charge in [-0.1, -0.05) is 18.5 Å². The molecule has 0 saturated carbocycles. The van der Waals surface area contributed by atoms with E-state index in [4.69, 9.17) is 11.6 Å². The lowest BCUT2D eigenvalue weighted by molar-refractivity contribution is 0.0989. The highest BCUT2D eigenvalue weighted by Gasteiger charge is 2.12. The van der Waals surface area contributed by atoms with Crippen molar-refractivity contribution in [3.8, 4) is 0 Å². The largest absolute Gasteiger partial charge is 0.335 e. The Labute approximate surface area is 116 Å². The van der Waals surface area contributed by atoms with Crippen LogP contribution < -0.4 is 0 Å². The fourth-order valence-corrected chi connectivity index (χ4v) is 1.98. The summed E-state index contributed by atoms with van der Waals surface area (Å²) in [4.78, 5) is 16.2. The average molecular weight is 281 g/mol. The smallest absolute Gasteiger partial charge is 0.170 e. The lowest BCUT2D eigenvalue weighted by Crippen LogP contribution is -2.10. The summed E-state index contributed by atoms with van der Waals surface area (Å²) in [6.07, 6.45) is 4.64. The standard InChI is InChI=1S/C14H14ClFN2O/c1-2-6-18-7-5-17-14(18)9-13(19)10-3-4-11(15)12(16)8-10/h3-5,7-8H,2,6,9H2,1H3. The first-order chi connectivity index (χ1) is 9.11. The third kappa shape index (κ3) is 3.20. The van der Waals surface area contributed by atoms with Crippen LogP contribution in [0, 0.1) is 5.82 Å². The van der Waals surface area contributed by atoms with Gasteiger partial charge in [-0.15, -0.1) is 0 Å². The fraction of sp³-hybridized carbons (Fsp3) is 0.286. The number of Topliss-reactive ketones (excluding diaryl/α,β-unsaturated/α-hetero) is 1. The van der Waals surface area contributed by atoms with E-state index in [2.05, 4.69) is 11.9 Å². The van der Waals surface area contributed by atoms with E-state index in [1.807, 2.05) is 10.8 Å². The van der Waals surface area contributed by atoms with E-state index in [0.717, 1.165) is 19.0 Å². The molecule has 0 aliphatic carbocycles. The number of aromatic nitrogens is 2. The molecular formula is C14H14ClFN2O. The highest BCUT2D eigenvalue weighted by atomic mass is 35.5. The molecule has 0 N–H and O–H groups in total. The topological polar surface area (TPSA) is 34.9 Å². The van der Waals surface area contributed by atoms with Crippen LogP contribution in [0.4, 0.5) is 4.39 Å². The van der Waals surface area contributed by atoms with Gasteiger partial charge in [0.15, 0.2) is 5.78 Å². The molecule has 1 aromatic heterocycles. The molecule has 19 heavy (non-hydrogen) atoms. The molecule has 0 aliphatic heterocycles. The third-order valence-corrected chi connectivity index (χ3v) is 3.13. The molecule has 5 heteroatoms. The Morgan fingerprint density at radius 1 is 1.47 bits per heavy atom. The van der Waals surface area contributed by atoms with Gasteiger partial charge in [0, 0.05) is 24.5 Å². The molecule has 0 amide bonds. The lowest BCUT2D eigenvalue weighted by Gasteiger charge is -2.06. The van der Waals surface area contributed by atoms with E-state index in [1.165, 1.54) is 12.1 Å². The number of benzene rings is 1. The van der Waals surface area contributed by atoms with Crippen LogP contribution in [0.1, 0.15) is 29.5 Å². The van der Waals surface area contributed by atoms with Crippen molar-refractivity contribution in [1.29, 1.82) is 0 Å². The monoisotopic (exact) mass is 280 g/mol. The van der Waals surface area contributed by atoms with E-state index in [-0.39, 0.29) is 17.2 Å². The highest BCUT2D eigenvalue weighted by molar-refractivity contribution is 6.30. The summed E-state index contributed by atoms with van der Waals surface area (Å²) in [5.41, 5.74) is 0.313. The van der Waals surface area contributed by atoms with E-state index in [9.17, 15) is 9.18 Å². The van der Waals surface area contributed by atoms with Crippen molar-refractivity contribution in [2.45, 2.75) is 26.3 Å². The summed E-state index contributed by atoms with van der Waals surface area (Å²) in [7, 11) is 0. The first kappa shape index (κ1) is 13.7. The van der Waals surface area contributed by atoms with Crippen molar-refractivity contribution in [2.75, 3.05) is 0 Å². The van der Waals surface area contributed by atoms with E-state index in [0.29, 0.717) is 11.4 Å². The van der Waals surface area contributed by atoms with Gasteiger partial charge in [-0.05, 0) is 24.6 Å². The number of imidazole rings is 1. The van der Waals surface area contributed by atoms with Crippen LogP contribution in [-0.2, 0) is 13.0 Å². The SMILES string of the molecule is CCCn1ccnc1CC(=O)c1ccc(Cl)c(F)c1. The summed E-state index contributed by atoms with van der Waals surface area (Å²) in [6, 6.07) is 4.08. The van der Waals surface area contributed by atoms with Crippen LogP contribution in [0.3, 0.4) is 0 Å². The van der Waals surface area contributed by atoms with E-state index >= 15 is 0 Å². The molecule has 0 unspecified atom stereocenters. The number of nitrogens with zero attached hydrogens (tertiary/aromatic N) is 2. The molecular weight excluding hydrogens is 267 g/mol. The quantitative estimate of drug-likeness (QED) is 0.786. The molecule has 0 saturated heterocycles. The van der Waals surface area contributed by atoms with Gasteiger partial charge in [0.05, 0.1) is 11.4 Å². The van der Waals surface area contributed by atoms with Gasteiger partial charge in [0.25, 0.3) is 0 Å². The van der Waals surface area contributed by atoms with Crippen LogP contribution in [0.15, 0.2) is 30.6 Å². The molecule has 3 nitrogen and oxygen atoms in total. The van der Waals surface area contributed by atoms with Gasteiger partial charge in [-0.3, -0.25) is 4.79 Å². The summed E-state index contributed by atoms with van der Waals surface area (Å²) in [5, 5.41) is 0.0176. The third-order valence-electron chi connectivity index (χ3n) is 2.83. The highest BCUT2D eigenvalue weighted by Crippen LogP contribution is 2.17. The second kappa shape index (κ2) is 5.97. The predicted molar refractivity (Wildman–Crippen MR) is 72.0 cm³/mol. The number of hydrogen-bond acceptors (Lipinski definition) is 2. The molecule has 0 spiro atoms. The van der Waals surface area contributed by atoms with Crippen LogP contribution in [0.5, 0.6) is 0 Å². The molecule has 0 radical (unpaired) electrons. The Balaban J connectivity index is 2.16. The van der Waals surface area contributed by atoms with Crippen molar-refractivity contribution in [2.24, 2.45) is 0 Å². The maximum absolute atomic E-state index is 13.3. The zero-order valence-corrected chi connectivity index (χ0v) is 11.3. The van der Waals surface area contributed by atoms with Crippen LogP contribution in [-0.4, -0.2) is 15.3 Å². The number of rotatable bonds is 5. The molecule has 0 fully saturated rings. The first-order valence-corrected chi connectivity index (χ1v) is 6.48. The number of ketones is 1. The van der Waals surface area contributed by atoms with Crippen molar-refractivity contribution in [3.05, 3.63) is 52.8 Å². The van der Waals surface area contributed by atoms with Gasteiger partial charge in [0.2, 0.25) is 0 Å². The summed E-state index contributed by atoms with van der Waals surface area (Å²) >= 11 is 5.59. The van der Waals surface area contributed by atoms with Crippen molar-refractivity contribution < 1.29 is 9.18 Å². The Morgan fingerprint density at radius 3 is 2.95 bits per heavy atom. The number of hydrogen-bond donors (Lipinski definition) is 0.